The topological polar surface area (TPSA) is 139 Å². The maximum absolute atomic E-state index is 5.88. The van der Waals surface area contributed by atoms with Gasteiger partial charge in [0.2, 0.25) is 11.8 Å². The molecule has 0 atom stereocenters. The molecule has 8 N–H and O–H groups in total. The molecule has 0 saturated carbocycles. The molecule has 1 aromatic heterocycles. The predicted molar refractivity (Wildman–Crippen MR) is 73.1 cm³/mol. The van der Waals surface area contributed by atoms with Crippen LogP contribution in [0, 0.1) is 0 Å². The van der Waals surface area contributed by atoms with E-state index in [9.17, 15) is 0 Å². The molecule has 0 saturated heterocycles. The summed E-state index contributed by atoms with van der Waals surface area (Å²) in [6, 6.07) is 6.91. The molecule has 0 aliphatic heterocycles. The largest absolute Gasteiger partial charge is 0.481 e. The molecule has 7 heteroatoms. The maximum Gasteiger partial charge on any atom is 0.272 e. The van der Waals surface area contributed by atoms with E-state index in [2.05, 4.69) is 9.97 Å². The van der Waals surface area contributed by atoms with E-state index in [1.165, 1.54) is 7.11 Å². The van der Waals surface area contributed by atoms with Crippen molar-refractivity contribution in [3.63, 3.8) is 0 Å². The molecule has 2 aromatic rings. The summed E-state index contributed by atoms with van der Waals surface area (Å²) in [6.45, 7) is 0. The quantitative estimate of drug-likeness (QED) is 0.309. The van der Waals surface area contributed by atoms with Gasteiger partial charge in [-0.25, -0.2) is 4.98 Å². The highest BCUT2D eigenvalue weighted by molar-refractivity contribution is 5.98. The van der Waals surface area contributed by atoms with Crippen molar-refractivity contribution in [2.45, 2.75) is 0 Å². The summed E-state index contributed by atoms with van der Waals surface area (Å²) in [6.07, 6.45) is 0. The van der Waals surface area contributed by atoms with Crippen LogP contribution in [0.15, 0.2) is 24.3 Å². The number of nitrogens with zero attached hydrogens (tertiary/aromatic N) is 2. The van der Waals surface area contributed by atoms with E-state index in [1.807, 2.05) is 0 Å². The van der Waals surface area contributed by atoms with Crippen LogP contribution >= 0.6 is 0 Å². The number of ether oxygens (including phenoxy) is 1. The first-order chi connectivity index (χ1) is 9.01. The molecule has 0 aliphatic carbocycles. The van der Waals surface area contributed by atoms with Crippen LogP contribution in [0.3, 0.4) is 0 Å². The molecular formula is C12H15N6O+. The Hall–Kier alpha value is -2.83. The highest BCUT2D eigenvalue weighted by Crippen LogP contribution is 2.24. The van der Waals surface area contributed by atoms with Crippen LogP contribution in [0.5, 0.6) is 5.88 Å². The zero-order chi connectivity index (χ0) is 14.0. The van der Waals surface area contributed by atoms with Crippen molar-refractivity contribution in [2.75, 3.05) is 18.6 Å². The van der Waals surface area contributed by atoms with Gasteiger partial charge < -0.3 is 16.2 Å². The lowest BCUT2D eigenvalue weighted by Crippen LogP contribution is -2.46. The van der Waals surface area contributed by atoms with Crippen LogP contribution < -0.4 is 27.3 Å². The van der Waals surface area contributed by atoms with E-state index >= 15 is 0 Å². The van der Waals surface area contributed by atoms with Gasteiger partial charge in [0.25, 0.3) is 5.84 Å². The fraction of sp³-hybridized carbons (Fsp3) is 0.0833. The second-order valence-electron chi connectivity index (χ2n) is 3.91. The molecule has 1 heterocycles. The van der Waals surface area contributed by atoms with E-state index in [0.717, 1.165) is 5.56 Å². The molecule has 0 unspecified atom stereocenters. The number of nitrogen functional groups attached to an aromatic ring is 2. The number of anilines is 2. The van der Waals surface area contributed by atoms with E-state index < -0.39 is 0 Å². The van der Waals surface area contributed by atoms with Gasteiger partial charge >= 0.3 is 0 Å². The summed E-state index contributed by atoms with van der Waals surface area (Å²) < 4.78 is 5.04. The summed E-state index contributed by atoms with van der Waals surface area (Å²) >= 11 is 0. The zero-order valence-corrected chi connectivity index (χ0v) is 10.4. The van der Waals surface area contributed by atoms with Crippen molar-refractivity contribution < 1.29 is 10.1 Å². The second kappa shape index (κ2) is 4.81. The van der Waals surface area contributed by atoms with Gasteiger partial charge in [-0.15, -0.1) is 0 Å². The number of benzene rings is 1. The predicted octanol–water partition coefficient (Wildman–Crippen LogP) is -1.22. The Kier molecular flexibility index (Phi) is 3.19. The van der Waals surface area contributed by atoms with Crippen molar-refractivity contribution in [2.24, 2.45) is 5.73 Å². The number of hydrogen-bond acceptors (Lipinski definition) is 5. The molecule has 0 amide bonds. The molecule has 7 nitrogen and oxygen atoms in total. The molecule has 98 valence electrons. The van der Waals surface area contributed by atoms with Gasteiger partial charge in [0, 0.05) is 17.3 Å². The van der Waals surface area contributed by atoms with Gasteiger partial charge in [-0.1, -0.05) is 6.07 Å². The summed E-state index contributed by atoms with van der Waals surface area (Å²) in [5, 5.41) is 5.52. The highest BCUT2D eigenvalue weighted by atomic mass is 16.5. The SMILES string of the molecule is COc1cc(-c2ccc(C(N)=[NH2+])c(N)c2)nc(N)n1. The van der Waals surface area contributed by atoms with Crippen LogP contribution in [0.1, 0.15) is 5.56 Å². The Labute approximate surface area is 109 Å². The Morgan fingerprint density at radius 2 is 1.95 bits per heavy atom. The van der Waals surface area contributed by atoms with Crippen LogP contribution in [-0.2, 0) is 0 Å². The fourth-order valence-corrected chi connectivity index (χ4v) is 1.68. The lowest BCUT2D eigenvalue weighted by Gasteiger charge is -2.07. The van der Waals surface area contributed by atoms with Crippen molar-refractivity contribution in [1.29, 1.82) is 0 Å². The first-order valence-electron chi connectivity index (χ1n) is 5.48. The third kappa shape index (κ3) is 2.54. The normalized spacial score (nSPS) is 10.2. The van der Waals surface area contributed by atoms with Crippen molar-refractivity contribution in [3.05, 3.63) is 29.8 Å². The molecule has 19 heavy (non-hydrogen) atoms. The molecular weight excluding hydrogens is 244 g/mol. The molecule has 0 aliphatic rings. The van der Waals surface area contributed by atoms with E-state index in [-0.39, 0.29) is 11.8 Å². The van der Waals surface area contributed by atoms with E-state index in [0.29, 0.717) is 22.8 Å². The third-order valence-corrected chi connectivity index (χ3v) is 2.59. The first-order valence-corrected chi connectivity index (χ1v) is 5.48. The lowest BCUT2D eigenvalue weighted by atomic mass is 10.1. The van der Waals surface area contributed by atoms with Crippen molar-refractivity contribution in [3.8, 4) is 17.1 Å². The van der Waals surface area contributed by atoms with Gasteiger partial charge in [0.15, 0.2) is 0 Å². The fourth-order valence-electron chi connectivity index (χ4n) is 1.68. The molecule has 0 bridgehead atoms. The molecule has 0 fully saturated rings. The standard InChI is InChI=1S/C12H14N6O/c1-19-10-5-9(17-12(16)18-10)6-2-3-7(11(14)15)8(13)4-6/h2-5H,13H2,1H3,(H3,14,15)(H2,16,17,18)/p+1. The minimum atomic E-state index is 0.127. The van der Waals surface area contributed by atoms with Crippen LogP contribution in [0.4, 0.5) is 11.6 Å². The average Bonchev–Trinajstić information content (AvgIpc) is 2.37. The van der Waals surface area contributed by atoms with E-state index in [1.54, 1.807) is 24.3 Å². The molecule has 0 radical (unpaired) electrons. The third-order valence-electron chi connectivity index (χ3n) is 2.59. The van der Waals surface area contributed by atoms with E-state index in [4.69, 9.17) is 27.3 Å². The molecule has 1 aromatic carbocycles. The van der Waals surface area contributed by atoms with Gasteiger partial charge in [0.1, 0.15) is 0 Å². The summed E-state index contributed by atoms with van der Waals surface area (Å²) in [7, 11) is 1.51. The smallest absolute Gasteiger partial charge is 0.272 e. The van der Waals surface area contributed by atoms with Crippen molar-refractivity contribution in [1.82, 2.24) is 9.97 Å². The number of amidine groups is 1. The number of nitrogens with two attached hydrogens (primary N) is 4. The van der Waals surface area contributed by atoms with Gasteiger partial charge in [-0.05, 0) is 12.1 Å². The Morgan fingerprint density at radius 3 is 2.53 bits per heavy atom. The number of aromatic nitrogens is 2. The second-order valence-corrected chi connectivity index (χ2v) is 3.91. The van der Waals surface area contributed by atoms with Crippen molar-refractivity contribution >= 4 is 17.5 Å². The average molecular weight is 259 g/mol. The number of hydrogen-bond donors (Lipinski definition) is 4. The number of methoxy groups -OCH3 is 1. The van der Waals surface area contributed by atoms with Crippen LogP contribution in [0.25, 0.3) is 11.3 Å². The Bertz CT molecular complexity index is 640. The first kappa shape index (κ1) is 12.6. The highest BCUT2D eigenvalue weighted by Gasteiger charge is 2.10. The zero-order valence-electron chi connectivity index (χ0n) is 10.4. The van der Waals surface area contributed by atoms with Crippen LogP contribution in [-0.4, -0.2) is 22.9 Å². The number of rotatable bonds is 3. The minimum Gasteiger partial charge on any atom is -0.481 e. The van der Waals surface area contributed by atoms with Gasteiger partial charge in [-0.2, -0.15) is 4.98 Å². The maximum atomic E-state index is 5.88. The van der Waals surface area contributed by atoms with Gasteiger partial charge in [0.05, 0.1) is 18.4 Å². The Balaban J connectivity index is 2.50. The summed E-state index contributed by atoms with van der Waals surface area (Å²) in [4.78, 5) is 8.04. The van der Waals surface area contributed by atoms with Gasteiger partial charge in [-0.3, -0.25) is 11.1 Å². The molecule has 0 spiro atoms. The summed E-state index contributed by atoms with van der Waals surface area (Å²) in [5.41, 5.74) is 19.5. The summed E-state index contributed by atoms with van der Waals surface area (Å²) in [5.74, 6) is 0.681. The molecule has 2 rings (SSSR count). The monoisotopic (exact) mass is 259 g/mol. The van der Waals surface area contributed by atoms with Crippen LogP contribution in [0.2, 0.25) is 0 Å². The Morgan fingerprint density at radius 1 is 1.21 bits per heavy atom. The minimum absolute atomic E-state index is 0.127. The lowest BCUT2D eigenvalue weighted by molar-refractivity contribution is -0.114.